The Morgan fingerprint density at radius 2 is 1.96 bits per heavy atom. The van der Waals surface area contributed by atoms with Crippen LogP contribution in [0.25, 0.3) is 0 Å². The summed E-state index contributed by atoms with van der Waals surface area (Å²) in [5, 5.41) is 2.92. The van der Waals surface area contributed by atoms with E-state index in [1.807, 2.05) is 18.2 Å². The van der Waals surface area contributed by atoms with Crippen molar-refractivity contribution in [3.63, 3.8) is 0 Å². The smallest absolute Gasteiger partial charge is 0.274 e. The Morgan fingerprint density at radius 3 is 2.58 bits per heavy atom. The van der Waals surface area contributed by atoms with Gasteiger partial charge >= 0.3 is 0 Å². The zero-order valence-electron chi connectivity index (χ0n) is 14.3. The predicted octanol–water partition coefficient (Wildman–Crippen LogP) is 2.78. The standard InChI is InChI=1S/C19H24N4O/c1-3-22-10-12-23(13-11-22)18-8-7-16(14-15(18)2)21-19(24)17-6-4-5-9-20-17/h4-9,14H,3,10-13H2,1-2H3,(H,21,24). The van der Waals surface area contributed by atoms with Gasteiger partial charge in [-0.15, -0.1) is 0 Å². The maximum Gasteiger partial charge on any atom is 0.274 e. The molecule has 3 rings (SSSR count). The third-order valence-electron chi connectivity index (χ3n) is 4.51. The summed E-state index contributed by atoms with van der Waals surface area (Å²) in [6.45, 7) is 9.73. The van der Waals surface area contributed by atoms with E-state index in [-0.39, 0.29) is 5.91 Å². The van der Waals surface area contributed by atoms with Crippen molar-refractivity contribution >= 4 is 17.3 Å². The number of piperazine rings is 1. The third kappa shape index (κ3) is 3.74. The molecule has 1 aliphatic heterocycles. The average molecular weight is 324 g/mol. The topological polar surface area (TPSA) is 48.5 Å². The number of anilines is 2. The van der Waals surface area contributed by atoms with Crippen LogP contribution >= 0.6 is 0 Å². The summed E-state index contributed by atoms with van der Waals surface area (Å²) in [5.41, 5.74) is 3.66. The number of hydrogen-bond acceptors (Lipinski definition) is 4. The number of pyridine rings is 1. The van der Waals surface area contributed by atoms with Gasteiger partial charge in [-0.05, 0) is 49.4 Å². The normalized spacial score (nSPS) is 15.3. The van der Waals surface area contributed by atoms with Gasteiger partial charge in [0.25, 0.3) is 5.91 Å². The van der Waals surface area contributed by atoms with E-state index < -0.39 is 0 Å². The zero-order valence-corrected chi connectivity index (χ0v) is 14.3. The van der Waals surface area contributed by atoms with E-state index in [1.54, 1.807) is 18.3 Å². The van der Waals surface area contributed by atoms with Crippen molar-refractivity contribution in [3.8, 4) is 0 Å². The van der Waals surface area contributed by atoms with Crippen LogP contribution in [0.5, 0.6) is 0 Å². The van der Waals surface area contributed by atoms with Gasteiger partial charge < -0.3 is 15.1 Å². The second kappa shape index (κ2) is 7.45. The van der Waals surface area contributed by atoms with Crippen LogP contribution in [0.3, 0.4) is 0 Å². The Hall–Kier alpha value is -2.40. The van der Waals surface area contributed by atoms with E-state index in [9.17, 15) is 4.79 Å². The van der Waals surface area contributed by atoms with Gasteiger partial charge in [-0.25, -0.2) is 0 Å². The van der Waals surface area contributed by atoms with Gasteiger partial charge in [0, 0.05) is 43.8 Å². The maximum atomic E-state index is 12.2. The van der Waals surface area contributed by atoms with Crippen molar-refractivity contribution in [1.29, 1.82) is 0 Å². The Bertz CT molecular complexity index is 694. The van der Waals surface area contributed by atoms with Crippen LogP contribution < -0.4 is 10.2 Å². The number of nitrogens with one attached hydrogen (secondary N) is 1. The van der Waals surface area contributed by atoms with Crippen LogP contribution in [-0.4, -0.2) is 48.5 Å². The second-order valence-electron chi connectivity index (χ2n) is 6.09. The van der Waals surface area contributed by atoms with Gasteiger partial charge in [0.1, 0.15) is 5.69 Å². The van der Waals surface area contributed by atoms with Crippen LogP contribution in [0.2, 0.25) is 0 Å². The predicted molar refractivity (Wildman–Crippen MR) is 97.7 cm³/mol. The highest BCUT2D eigenvalue weighted by Crippen LogP contribution is 2.25. The van der Waals surface area contributed by atoms with Crippen molar-refractivity contribution in [2.24, 2.45) is 0 Å². The lowest BCUT2D eigenvalue weighted by Gasteiger charge is -2.36. The highest BCUT2D eigenvalue weighted by molar-refractivity contribution is 6.02. The van der Waals surface area contributed by atoms with Gasteiger partial charge in [0.2, 0.25) is 0 Å². The van der Waals surface area contributed by atoms with Gasteiger partial charge in [-0.3, -0.25) is 9.78 Å². The fourth-order valence-corrected chi connectivity index (χ4v) is 3.09. The van der Waals surface area contributed by atoms with Gasteiger partial charge in [-0.1, -0.05) is 13.0 Å². The summed E-state index contributed by atoms with van der Waals surface area (Å²) < 4.78 is 0. The molecule has 0 aliphatic carbocycles. The molecule has 5 nitrogen and oxygen atoms in total. The molecule has 0 unspecified atom stereocenters. The van der Waals surface area contributed by atoms with Crippen molar-refractivity contribution in [3.05, 3.63) is 53.9 Å². The minimum Gasteiger partial charge on any atom is -0.369 e. The largest absolute Gasteiger partial charge is 0.369 e. The molecule has 1 amide bonds. The molecule has 0 radical (unpaired) electrons. The molecular formula is C19H24N4O. The molecule has 1 aromatic carbocycles. The van der Waals surface area contributed by atoms with E-state index in [0.29, 0.717) is 5.69 Å². The number of aryl methyl sites for hydroxylation is 1. The van der Waals surface area contributed by atoms with Crippen LogP contribution in [0.1, 0.15) is 23.0 Å². The Balaban J connectivity index is 1.68. The number of rotatable bonds is 4. The Kier molecular flexibility index (Phi) is 5.11. The molecule has 1 N–H and O–H groups in total. The summed E-state index contributed by atoms with van der Waals surface area (Å²) in [4.78, 5) is 21.2. The number of carbonyl (C=O) groups excluding carboxylic acids is 1. The first kappa shape index (κ1) is 16.5. The first-order valence-electron chi connectivity index (χ1n) is 8.47. The minimum atomic E-state index is -0.181. The monoisotopic (exact) mass is 324 g/mol. The average Bonchev–Trinajstić information content (AvgIpc) is 2.63. The van der Waals surface area contributed by atoms with Crippen molar-refractivity contribution in [2.75, 3.05) is 42.9 Å². The highest BCUT2D eigenvalue weighted by Gasteiger charge is 2.17. The van der Waals surface area contributed by atoms with Crippen molar-refractivity contribution in [1.82, 2.24) is 9.88 Å². The molecule has 1 fully saturated rings. The molecule has 0 bridgehead atoms. The molecule has 126 valence electrons. The van der Waals surface area contributed by atoms with Crippen molar-refractivity contribution in [2.45, 2.75) is 13.8 Å². The molecule has 2 aromatic rings. The molecule has 0 atom stereocenters. The summed E-state index contributed by atoms with van der Waals surface area (Å²) in [7, 11) is 0. The first-order chi connectivity index (χ1) is 11.7. The fraction of sp³-hybridized carbons (Fsp3) is 0.368. The van der Waals surface area contributed by atoms with Crippen LogP contribution in [0.4, 0.5) is 11.4 Å². The number of aromatic nitrogens is 1. The summed E-state index contributed by atoms with van der Waals surface area (Å²) in [5.74, 6) is -0.181. The second-order valence-corrected chi connectivity index (χ2v) is 6.09. The van der Waals surface area contributed by atoms with Crippen LogP contribution in [0.15, 0.2) is 42.6 Å². The van der Waals surface area contributed by atoms with E-state index in [4.69, 9.17) is 0 Å². The lowest BCUT2D eigenvalue weighted by molar-refractivity contribution is 0.102. The minimum absolute atomic E-state index is 0.181. The highest BCUT2D eigenvalue weighted by atomic mass is 16.1. The third-order valence-corrected chi connectivity index (χ3v) is 4.51. The fourth-order valence-electron chi connectivity index (χ4n) is 3.09. The zero-order chi connectivity index (χ0) is 16.9. The van der Waals surface area contributed by atoms with Gasteiger partial charge in [0.05, 0.1) is 0 Å². The van der Waals surface area contributed by atoms with Gasteiger partial charge in [-0.2, -0.15) is 0 Å². The first-order valence-corrected chi connectivity index (χ1v) is 8.47. The van der Waals surface area contributed by atoms with Crippen LogP contribution in [0, 0.1) is 6.92 Å². The SMILES string of the molecule is CCN1CCN(c2ccc(NC(=O)c3ccccn3)cc2C)CC1. The molecule has 0 saturated carbocycles. The van der Waals surface area contributed by atoms with E-state index in [2.05, 4.69) is 40.0 Å². The lowest BCUT2D eigenvalue weighted by Crippen LogP contribution is -2.46. The van der Waals surface area contributed by atoms with E-state index in [0.717, 1.165) is 38.4 Å². The lowest BCUT2D eigenvalue weighted by atomic mass is 10.1. The van der Waals surface area contributed by atoms with E-state index in [1.165, 1.54) is 11.3 Å². The number of likely N-dealkylation sites (N-methyl/N-ethyl adjacent to an activating group) is 1. The number of amides is 1. The molecule has 1 aromatic heterocycles. The molecule has 0 spiro atoms. The summed E-state index contributed by atoms with van der Waals surface area (Å²) >= 11 is 0. The molecule has 2 heterocycles. The quantitative estimate of drug-likeness (QED) is 0.939. The molecular weight excluding hydrogens is 300 g/mol. The van der Waals surface area contributed by atoms with Crippen molar-refractivity contribution < 1.29 is 4.79 Å². The van der Waals surface area contributed by atoms with Crippen LogP contribution in [-0.2, 0) is 0 Å². The Labute approximate surface area is 143 Å². The number of benzene rings is 1. The number of nitrogens with zero attached hydrogens (tertiary/aromatic N) is 3. The summed E-state index contributed by atoms with van der Waals surface area (Å²) in [6, 6.07) is 11.4. The van der Waals surface area contributed by atoms with Gasteiger partial charge in [0.15, 0.2) is 0 Å². The van der Waals surface area contributed by atoms with E-state index >= 15 is 0 Å². The Morgan fingerprint density at radius 1 is 1.17 bits per heavy atom. The number of carbonyl (C=O) groups is 1. The molecule has 5 heteroatoms. The summed E-state index contributed by atoms with van der Waals surface area (Å²) in [6.07, 6.45) is 1.62. The molecule has 24 heavy (non-hydrogen) atoms. The maximum absolute atomic E-state index is 12.2. The molecule has 1 aliphatic rings. The number of hydrogen-bond donors (Lipinski definition) is 1. The molecule has 1 saturated heterocycles.